The molecule has 260 valence electrons. The number of para-hydroxylation sites is 1. The molecule has 0 atom stereocenters. The fraction of sp³-hybridized carbons (Fsp3) is 0.175. The smallest absolute Gasteiger partial charge is 0.363 e. The van der Waals surface area contributed by atoms with E-state index < -0.39 is 22.0 Å². The molecule has 1 aromatic heterocycles. The topological polar surface area (TPSA) is 156 Å². The number of carboxylic acids is 2. The highest BCUT2D eigenvalue weighted by Gasteiger charge is 2.25. The zero-order chi connectivity index (χ0) is 36.4. The fourth-order valence-electron chi connectivity index (χ4n) is 6.33. The van der Waals surface area contributed by atoms with Crippen molar-refractivity contribution in [2.45, 2.75) is 45.4 Å². The van der Waals surface area contributed by atoms with Crippen molar-refractivity contribution in [3.05, 3.63) is 119 Å². The minimum atomic E-state index is -3.84. The van der Waals surface area contributed by atoms with Crippen LogP contribution in [0.2, 0.25) is 0 Å². The van der Waals surface area contributed by atoms with Crippen LogP contribution >= 0.6 is 0 Å². The van der Waals surface area contributed by atoms with Gasteiger partial charge < -0.3 is 20.8 Å². The Bertz CT molecular complexity index is 2420. The Morgan fingerprint density at radius 1 is 0.686 bits per heavy atom. The van der Waals surface area contributed by atoms with Crippen LogP contribution in [0.5, 0.6) is 0 Å². The quantitative estimate of drug-likeness (QED) is 0.0476. The highest BCUT2D eigenvalue weighted by molar-refractivity contribution is 7.89. The predicted octanol–water partition coefficient (Wildman–Crippen LogP) is 9.10. The lowest BCUT2D eigenvalue weighted by atomic mass is 9.93. The number of fused-ring (bicyclic) bond motifs is 2. The molecule has 0 aliphatic rings. The van der Waals surface area contributed by atoms with Gasteiger partial charge in [0.2, 0.25) is 10.0 Å². The maximum atomic E-state index is 12.9. The summed E-state index contributed by atoms with van der Waals surface area (Å²) in [6, 6.07) is 27.6. The van der Waals surface area contributed by atoms with Gasteiger partial charge >= 0.3 is 23.1 Å². The van der Waals surface area contributed by atoms with Crippen molar-refractivity contribution in [1.29, 1.82) is 0 Å². The number of benzene rings is 5. The van der Waals surface area contributed by atoms with Crippen LogP contribution in [0.4, 0.5) is 22.7 Å². The van der Waals surface area contributed by atoms with Crippen molar-refractivity contribution in [1.82, 2.24) is 4.72 Å². The molecular weight excluding hydrogens is 667 g/mol. The Morgan fingerprint density at radius 2 is 1.24 bits per heavy atom. The van der Waals surface area contributed by atoms with Gasteiger partial charge in [0.05, 0.1) is 33.4 Å². The van der Waals surface area contributed by atoms with Crippen LogP contribution in [0.1, 0.15) is 45.5 Å². The van der Waals surface area contributed by atoms with E-state index in [2.05, 4.69) is 15.4 Å². The number of aromatic carboxylic acids is 1. The molecule has 0 aliphatic carbocycles. The molecule has 0 bridgehead atoms. The standard InChI is InChI=1S/C40H37N3O7S/c1-23-9-7-10-24(2)38(23)42-27-14-16-32-34(21-27)50-35-22-28(15-17-33(35)37(32)30-11-5-6-12-31(30)40(46)47)43-39-25(3)19-29(20-26(39)4)51(48,49)41-18-8-13-36(44)45/h5-7,9-12,14-17,19-22,41-43H,8,13,18H2,1-4H3,(H-,44,45,46,47)/p+1. The molecule has 6 aromatic rings. The van der Waals surface area contributed by atoms with Gasteiger partial charge in [-0.15, -0.1) is 0 Å². The van der Waals surface area contributed by atoms with E-state index in [4.69, 9.17) is 9.52 Å². The van der Waals surface area contributed by atoms with Gasteiger partial charge in [0.1, 0.15) is 0 Å². The van der Waals surface area contributed by atoms with Gasteiger partial charge in [0.25, 0.3) is 0 Å². The lowest BCUT2D eigenvalue weighted by Gasteiger charge is -2.16. The molecule has 1 heterocycles. The molecule has 0 unspecified atom stereocenters. The number of sulfonamides is 1. The van der Waals surface area contributed by atoms with Gasteiger partial charge in [-0.25, -0.2) is 22.4 Å². The molecular formula is C40H38N3O7S+. The summed E-state index contributed by atoms with van der Waals surface area (Å²) >= 11 is 0. The SMILES string of the molecule is Cc1cccc(C)c1Nc1ccc2c(-c3ccccc3C(=O)O)c3ccc(Nc4c(C)cc(S(=O)(=O)NCCCC(=O)O)cc4C)cc3[o+]c2c1. The number of carbonyl (C=O) groups is 2. The number of hydrogen-bond acceptors (Lipinski definition) is 6. The van der Waals surface area contributed by atoms with E-state index in [9.17, 15) is 23.1 Å². The first kappa shape index (κ1) is 35.1. The number of anilines is 4. The van der Waals surface area contributed by atoms with Crippen LogP contribution in [0, 0.1) is 27.7 Å². The van der Waals surface area contributed by atoms with E-state index in [1.54, 1.807) is 30.3 Å². The molecule has 0 radical (unpaired) electrons. The second-order valence-corrected chi connectivity index (χ2v) is 14.4. The van der Waals surface area contributed by atoms with Crippen molar-refractivity contribution in [2.24, 2.45) is 0 Å². The lowest BCUT2D eigenvalue weighted by Crippen LogP contribution is -2.25. The molecule has 11 heteroatoms. The van der Waals surface area contributed by atoms with E-state index in [1.165, 1.54) is 0 Å². The first-order valence-electron chi connectivity index (χ1n) is 16.4. The molecule has 0 spiro atoms. The third kappa shape index (κ3) is 7.40. The highest BCUT2D eigenvalue weighted by Crippen LogP contribution is 2.41. The number of rotatable bonds is 12. The maximum absolute atomic E-state index is 12.9. The second-order valence-electron chi connectivity index (χ2n) is 12.6. The third-order valence-electron chi connectivity index (χ3n) is 8.84. The molecule has 0 aliphatic heterocycles. The fourth-order valence-corrected chi connectivity index (χ4v) is 7.57. The van der Waals surface area contributed by atoms with Gasteiger partial charge in [0.15, 0.2) is 0 Å². The summed E-state index contributed by atoms with van der Waals surface area (Å²) in [5.41, 5.74) is 9.33. The molecule has 0 fully saturated rings. The normalized spacial score (nSPS) is 11.5. The number of aryl methyl sites for hydroxylation is 4. The largest absolute Gasteiger partial charge is 0.481 e. The van der Waals surface area contributed by atoms with Gasteiger partial charge in [0, 0.05) is 41.3 Å². The maximum Gasteiger partial charge on any atom is 0.363 e. The zero-order valence-corrected chi connectivity index (χ0v) is 29.4. The van der Waals surface area contributed by atoms with Crippen LogP contribution in [-0.2, 0) is 14.8 Å². The number of nitrogens with one attached hydrogen (secondary N) is 3. The molecule has 0 saturated heterocycles. The number of hydrogen-bond donors (Lipinski definition) is 5. The van der Waals surface area contributed by atoms with E-state index in [1.807, 2.05) is 88.4 Å². The first-order valence-corrected chi connectivity index (χ1v) is 17.9. The molecule has 0 amide bonds. The van der Waals surface area contributed by atoms with Crippen LogP contribution in [0.3, 0.4) is 0 Å². The minimum Gasteiger partial charge on any atom is -0.481 e. The van der Waals surface area contributed by atoms with Crippen molar-refractivity contribution < 1.29 is 32.6 Å². The molecule has 6 rings (SSSR count). The summed E-state index contributed by atoms with van der Waals surface area (Å²) in [6.45, 7) is 7.72. The van der Waals surface area contributed by atoms with E-state index >= 15 is 0 Å². The third-order valence-corrected chi connectivity index (χ3v) is 10.3. The van der Waals surface area contributed by atoms with E-state index in [0.717, 1.165) is 44.5 Å². The van der Waals surface area contributed by atoms with Gasteiger partial charge in [-0.1, -0.05) is 36.4 Å². The highest BCUT2D eigenvalue weighted by atomic mass is 32.2. The Hall–Kier alpha value is -5.78. The van der Waals surface area contributed by atoms with Crippen LogP contribution in [-0.4, -0.2) is 37.1 Å². The lowest BCUT2D eigenvalue weighted by molar-refractivity contribution is -0.137. The molecule has 5 aromatic carbocycles. The monoisotopic (exact) mass is 704 g/mol. The average molecular weight is 705 g/mol. The molecule has 10 nitrogen and oxygen atoms in total. The average Bonchev–Trinajstić information content (AvgIpc) is 3.08. The Kier molecular flexibility index (Phi) is 9.77. The zero-order valence-electron chi connectivity index (χ0n) is 28.6. The summed E-state index contributed by atoms with van der Waals surface area (Å²) in [7, 11) is -3.84. The van der Waals surface area contributed by atoms with Gasteiger partial charge in [-0.2, -0.15) is 0 Å². The van der Waals surface area contributed by atoms with Crippen molar-refractivity contribution in [3.8, 4) is 11.1 Å². The number of aliphatic carboxylic acids is 1. The van der Waals surface area contributed by atoms with Gasteiger partial charge in [-0.3, -0.25) is 4.79 Å². The summed E-state index contributed by atoms with van der Waals surface area (Å²) in [5.74, 6) is -2.02. The van der Waals surface area contributed by atoms with Gasteiger partial charge in [-0.05, 0) is 104 Å². The Labute approximate surface area is 295 Å². The van der Waals surface area contributed by atoms with E-state index in [-0.39, 0.29) is 29.8 Å². The van der Waals surface area contributed by atoms with Crippen molar-refractivity contribution >= 4 is 66.6 Å². The van der Waals surface area contributed by atoms with Crippen molar-refractivity contribution in [2.75, 3.05) is 17.2 Å². The van der Waals surface area contributed by atoms with Crippen molar-refractivity contribution in [3.63, 3.8) is 0 Å². The minimum absolute atomic E-state index is 0.0179. The first-order chi connectivity index (χ1) is 24.3. The molecule has 0 saturated carbocycles. The summed E-state index contributed by atoms with van der Waals surface area (Å²) in [6.07, 6.45) is 0.0538. The second kappa shape index (κ2) is 14.2. The number of carboxylic acid groups (broad SMARTS) is 2. The van der Waals surface area contributed by atoms with Crippen LogP contribution in [0.15, 0.2) is 100 Å². The van der Waals surface area contributed by atoms with E-state index in [0.29, 0.717) is 33.5 Å². The van der Waals surface area contributed by atoms with Crippen LogP contribution < -0.4 is 15.4 Å². The summed E-state index contributed by atoms with van der Waals surface area (Å²) in [5, 5.41) is 27.4. The molecule has 5 N–H and O–H groups in total. The Balaban J connectivity index is 1.42. The predicted molar refractivity (Wildman–Crippen MR) is 201 cm³/mol. The molecule has 51 heavy (non-hydrogen) atoms. The Morgan fingerprint density at radius 3 is 1.78 bits per heavy atom. The van der Waals surface area contributed by atoms with Crippen LogP contribution in [0.25, 0.3) is 33.1 Å². The summed E-state index contributed by atoms with van der Waals surface area (Å²) in [4.78, 5) is 23.3. The summed E-state index contributed by atoms with van der Waals surface area (Å²) < 4.78 is 34.9.